The van der Waals surface area contributed by atoms with E-state index < -0.39 is 0 Å². The van der Waals surface area contributed by atoms with Crippen molar-refractivity contribution in [3.63, 3.8) is 0 Å². The van der Waals surface area contributed by atoms with Gasteiger partial charge in [0.05, 0.1) is 6.61 Å². The summed E-state index contributed by atoms with van der Waals surface area (Å²) < 4.78 is 10.8. The molecule has 0 unspecified atom stereocenters. The maximum Gasteiger partial charge on any atom is 0.101 e. The molecule has 0 aliphatic carbocycles. The van der Waals surface area contributed by atoms with Crippen molar-refractivity contribution in [1.29, 1.82) is 0 Å². The highest BCUT2D eigenvalue weighted by molar-refractivity contribution is 4.52. The van der Waals surface area contributed by atoms with Crippen LogP contribution in [0.2, 0.25) is 0 Å². The highest BCUT2D eigenvalue weighted by atomic mass is 16.5. The Morgan fingerprint density at radius 1 is 1.13 bits per heavy atom. The quantitative estimate of drug-likeness (QED) is 0.552. The van der Waals surface area contributed by atoms with Gasteiger partial charge in [-0.05, 0) is 6.42 Å². The van der Waals surface area contributed by atoms with Crippen LogP contribution < -0.4 is 0 Å². The number of ether oxygens (including phenoxy) is 2. The molecule has 0 amide bonds. The van der Waals surface area contributed by atoms with Gasteiger partial charge in [-0.3, -0.25) is 4.90 Å². The van der Waals surface area contributed by atoms with Gasteiger partial charge in [0.2, 0.25) is 0 Å². The van der Waals surface area contributed by atoms with Gasteiger partial charge in [0.25, 0.3) is 0 Å². The second-order valence-corrected chi connectivity index (χ2v) is 4.24. The van der Waals surface area contributed by atoms with Crippen LogP contribution in [0.25, 0.3) is 0 Å². The molecule has 1 rings (SSSR count). The predicted octanol–water partition coefficient (Wildman–Crippen LogP) is 2.61. The molecule has 90 valence electrons. The second kappa shape index (κ2) is 9.13. The number of rotatable bonds is 9. The van der Waals surface area contributed by atoms with Crippen molar-refractivity contribution in [1.82, 2.24) is 4.90 Å². The smallest absolute Gasteiger partial charge is 0.101 e. The van der Waals surface area contributed by atoms with E-state index in [4.69, 9.17) is 9.47 Å². The molecule has 0 radical (unpaired) electrons. The Hall–Kier alpha value is -0.120. The van der Waals surface area contributed by atoms with Gasteiger partial charge < -0.3 is 9.47 Å². The van der Waals surface area contributed by atoms with Gasteiger partial charge in [0.15, 0.2) is 0 Å². The lowest BCUT2D eigenvalue weighted by atomic mass is 10.1. The highest BCUT2D eigenvalue weighted by Gasteiger charge is 2.10. The monoisotopic (exact) mass is 215 g/mol. The van der Waals surface area contributed by atoms with Crippen LogP contribution in [0.15, 0.2) is 0 Å². The summed E-state index contributed by atoms with van der Waals surface area (Å²) >= 11 is 0. The molecule has 1 aliphatic rings. The zero-order chi connectivity index (χ0) is 10.8. The van der Waals surface area contributed by atoms with Crippen LogP contribution in [0.5, 0.6) is 0 Å². The Morgan fingerprint density at radius 3 is 2.67 bits per heavy atom. The third-order valence-electron chi connectivity index (χ3n) is 2.74. The first-order valence-corrected chi connectivity index (χ1v) is 6.31. The molecule has 3 nitrogen and oxygen atoms in total. The Kier molecular flexibility index (Phi) is 7.88. The van der Waals surface area contributed by atoms with Gasteiger partial charge in [-0.15, -0.1) is 0 Å². The van der Waals surface area contributed by atoms with Gasteiger partial charge in [-0.25, -0.2) is 0 Å². The third kappa shape index (κ3) is 6.88. The van der Waals surface area contributed by atoms with Crippen molar-refractivity contribution < 1.29 is 9.47 Å². The van der Waals surface area contributed by atoms with Gasteiger partial charge >= 0.3 is 0 Å². The first-order chi connectivity index (χ1) is 7.43. The molecule has 0 bridgehead atoms. The minimum atomic E-state index is 0.745. The molecule has 15 heavy (non-hydrogen) atoms. The first-order valence-electron chi connectivity index (χ1n) is 6.31. The zero-order valence-corrected chi connectivity index (χ0v) is 10.0. The van der Waals surface area contributed by atoms with Crippen LogP contribution >= 0.6 is 0 Å². The third-order valence-corrected chi connectivity index (χ3v) is 2.74. The molecular weight excluding hydrogens is 190 g/mol. The molecule has 1 aliphatic heterocycles. The fourth-order valence-corrected chi connectivity index (χ4v) is 1.73. The summed E-state index contributed by atoms with van der Waals surface area (Å²) in [6, 6.07) is 0. The molecule has 0 saturated carbocycles. The molecule has 1 saturated heterocycles. The SMILES string of the molecule is CCCCCCCCOCN1CCOC1. The van der Waals surface area contributed by atoms with Crippen LogP contribution in [-0.4, -0.2) is 38.1 Å². The van der Waals surface area contributed by atoms with Crippen molar-refractivity contribution in [2.45, 2.75) is 45.4 Å². The Balaban J connectivity index is 1.73. The lowest BCUT2D eigenvalue weighted by Crippen LogP contribution is -2.23. The molecule has 0 aromatic rings. The fraction of sp³-hybridized carbons (Fsp3) is 1.00. The summed E-state index contributed by atoms with van der Waals surface area (Å²) in [5.41, 5.74) is 0. The van der Waals surface area contributed by atoms with E-state index in [1.54, 1.807) is 0 Å². The molecule has 1 heterocycles. The predicted molar refractivity (Wildman–Crippen MR) is 61.7 cm³/mol. The molecule has 0 spiro atoms. The fourth-order valence-electron chi connectivity index (χ4n) is 1.73. The second-order valence-electron chi connectivity index (χ2n) is 4.24. The maximum atomic E-state index is 5.57. The molecule has 0 atom stereocenters. The van der Waals surface area contributed by atoms with Gasteiger partial charge in [-0.2, -0.15) is 0 Å². The molecule has 3 heteroatoms. The van der Waals surface area contributed by atoms with E-state index in [1.807, 2.05) is 0 Å². The van der Waals surface area contributed by atoms with E-state index in [0.717, 1.165) is 33.2 Å². The van der Waals surface area contributed by atoms with Crippen molar-refractivity contribution in [2.24, 2.45) is 0 Å². The van der Waals surface area contributed by atoms with E-state index in [0.29, 0.717) is 0 Å². The van der Waals surface area contributed by atoms with Crippen molar-refractivity contribution in [3.05, 3.63) is 0 Å². The van der Waals surface area contributed by atoms with E-state index in [1.165, 1.54) is 38.5 Å². The van der Waals surface area contributed by atoms with E-state index in [-0.39, 0.29) is 0 Å². The van der Waals surface area contributed by atoms with Crippen LogP contribution in [0.4, 0.5) is 0 Å². The summed E-state index contributed by atoms with van der Waals surface area (Å²) in [4.78, 5) is 2.19. The minimum absolute atomic E-state index is 0.745. The maximum absolute atomic E-state index is 5.57. The van der Waals surface area contributed by atoms with Gasteiger partial charge in [-0.1, -0.05) is 39.0 Å². The van der Waals surface area contributed by atoms with Crippen molar-refractivity contribution >= 4 is 0 Å². The first kappa shape index (κ1) is 12.9. The normalized spacial score (nSPS) is 17.4. The summed E-state index contributed by atoms with van der Waals surface area (Å²) in [7, 11) is 0. The van der Waals surface area contributed by atoms with Crippen LogP contribution in [-0.2, 0) is 9.47 Å². The van der Waals surface area contributed by atoms with Crippen LogP contribution in [0.3, 0.4) is 0 Å². The number of nitrogens with zero attached hydrogens (tertiary/aromatic N) is 1. The van der Waals surface area contributed by atoms with E-state index in [2.05, 4.69) is 11.8 Å². The standard InChI is InChI=1S/C12H25NO2/c1-2-3-4-5-6-7-9-14-11-13-8-10-15-12-13/h2-12H2,1H3. The Bertz CT molecular complexity index is 136. The average Bonchev–Trinajstić information content (AvgIpc) is 2.75. The topological polar surface area (TPSA) is 21.7 Å². The number of hydrogen-bond donors (Lipinski definition) is 0. The average molecular weight is 215 g/mol. The summed E-state index contributed by atoms with van der Waals surface area (Å²) in [5, 5.41) is 0. The van der Waals surface area contributed by atoms with Crippen molar-refractivity contribution in [3.8, 4) is 0 Å². The molecule has 0 aromatic heterocycles. The van der Waals surface area contributed by atoms with Crippen molar-refractivity contribution in [2.75, 3.05) is 33.2 Å². The summed E-state index contributed by atoms with van der Waals surface area (Å²) in [6.07, 6.45) is 7.98. The zero-order valence-electron chi connectivity index (χ0n) is 10.0. The van der Waals surface area contributed by atoms with E-state index >= 15 is 0 Å². The Labute approximate surface area is 93.7 Å². The minimum Gasteiger partial charge on any atom is -0.366 e. The highest BCUT2D eigenvalue weighted by Crippen LogP contribution is 2.05. The summed E-state index contributed by atoms with van der Waals surface area (Å²) in [6.45, 7) is 6.53. The largest absolute Gasteiger partial charge is 0.366 e. The summed E-state index contributed by atoms with van der Waals surface area (Å²) in [5.74, 6) is 0. The van der Waals surface area contributed by atoms with Gasteiger partial charge in [0, 0.05) is 13.2 Å². The molecule has 0 N–H and O–H groups in total. The lowest BCUT2D eigenvalue weighted by Gasteiger charge is -2.12. The van der Waals surface area contributed by atoms with Crippen LogP contribution in [0.1, 0.15) is 45.4 Å². The molecule has 0 aromatic carbocycles. The van der Waals surface area contributed by atoms with E-state index in [9.17, 15) is 0 Å². The molecular formula is C12H25NO2. The number of hydrogen-bond acceptors (Lipinski definition) is 3. The number of unbranched alkanes of at least 4 members (excludes halogenated alkanes) is 5. The lowest BCUT2D eigenvalue weighted by molar-refractivity contribution is 0.0151. The van der Waals surface area contributed by atoms with Gasteiger partial charge in [0.1, 0.15) is 13.5 Å². The van der Waals surface area contributed by atoms with Crippen LogP contribution in [0, 0.1) is 0 Å². The Morgan fingerprint density at radius 2 is 1.93 bits per heavy atom. The molecule has 1 fully saturated rings.